The van der Waals surface area contributed by atoms with Crippen LogP contribution in [0.4, 0.5) is 0 Å². The van der Waals surface area contributed by atoms with Crippen LogP contribution in [0.15, 0.2) is 48.5 Å². The summed E-state index contributed by atoms with van der Waals surface area (Å²) in [6.07, 6.45) is 9.47. The lowest BCUT2D eigenvalue weighted by Gasteiger charge is -2.37. The van der Waals surface area contributed by atoms with Crippen molar-refractivity contribution in [1.82, 2.24) is 9.80 Å². The molecule has 1 unspecified atom stereocenters. The van der Waals surface area contributed by atoms with Gasteiger partial charge in [-0.15, -0.1) is 0 Å². The molecule has 1 atom stereocenters. The van der Waals surface area contributed by atoms with Crippen LogP contribution in [0, 0.1) is 5.41 Å². The fourth-order valence-corrected chi connectivity index (χ4v) is 6.63. The van der Waals surface area contributed by atoms with Crippen molar-refractivity contribution in [2.45, 2.75) is 77.2 Å². The van der Waals surface area contributed by atoms with Crippen LogP contribution in [0.1, 0.15) is 70.3 Å². The molecule has 2 fully saturated rings. The average Bonchev–Trinajstić information content (AvgIpc) is 3.34. The van der Waals surface area contributed by atoms with Gasteiger partial charge in [-0.3, -0.25) is 19.4 Å². The smallest absolute Gasteiger partial charge is 0.229 e. The summed E-state index contributed by atoms with van der Waals surface area (Å²) in [6.45, 7) is 5.49. The van der Waals surface area contributed by atoms with E-state index < -0.39 is 0 Å². The highest BCUT2D eigenvalue weighted by atomic mass is 16.5. The number of imide groups is 1. The van der Waals surface area contributed by atoms with E-state index in [9.17, 15) is 9.59 Å². The third-order valence-corrected chi connectivity index (χ3v) is 8.51. The zero-order chi connectivity index (χ0) is 25.0. The lowest BCUT2D eigenvalue weighted by atomic mass is 9.76. The molecule has 5 rings (SSSR count). The predicted octanol–water partition coefficient (Wildman–Crippen LogP) is 5.86. The Bertz CT molecular complexity index is 1040. The molecule has 5 nitrogen and oxygen atoms in total. The largest absolute Gasteiger partial charge is 0.492 e. The Morgan fingerprint density at radius 3 is 2.42 bits per heavy atom. The molecule has 192 valence electrons. The first kappa shape index (κ1) is 25.0. The zero-order valence-corrected chi connectivity index (χ0v) is 21.7. The molecule has 0 aromatic heterocycles. The number of carbonyl (C=O) groups excluding carboxylic acids is 2. The Hall–Kier alpha value is -2.66. The number of rotatable bonds is 9. The Kier molecular flexibility index (Phi) is 7.76. The Morgan fingerprint density at radius 2 is 1.69 bits per heavy atom. The highest BCUT2D eigenvalue weighted by Crippen LogP contribution is 2.47. The van der Waals surface area contributed by atoms with E-state index in [1.54, 1.807) is 4.90 Å². The van der Waals surface area contributed by atoms with Crippen LogP contribution < -0.4 is 4.74 Å². The van der Waals surface area contributed by atoms with Gasteiger partial charge < -0.3 is 4.74 Å². The molecule has 2 aliphatic heterocycles. The van der Waals surface area contributed by atoms with Gasteiger partial charge in [0.15, 0.2) is 0 Å². The summed E-state index contributed by atoms with van der Waals surface area (Å²) in [4.78, 5) is 29.7. The van der Waals surface area contributed by atoms with E-state index in [0.717, 1.165) is 70.2 Å². The van der Waals surface area contributed by atoms with Gasteiger partial charge in [0.2, 0.25) is 11.8 Å². The monoisotopic (exact) mass is 488 g/mol. The van der Waals surface area contributed by atoms with Crippen molar-refractivity contribution in [3.05, 3.63) is 54.1 Å². The molecule has 0 bridgehead atoms. The number of amides is 2. The Balaban J connectivity index is 1.18. The molecule has 2 heterocycles. The second-order valence-electron chi connectivity index (χ2n) is 11.1. The SMILES string of the molecule is CCCN(CCCCN1C(=O)CC2(CCCC2)CC1=O)C1COc2cccc(-c3ccccc3)c2C1. The van der Waals surface area contributed by atoms with Crippen LogP contribution in [0.25, 0.3) is 11.1 Å². The van der Waals surface area contributed by atoms with Crippen molar-refractivity contribution in [1.29, 1.82) is 0 Å². The molecular weight excluding hydrogens is 448 g/mol. The van der Waals surface area contributed by atoms with Gasteiger partial charge in [-0.25, -0.2) is 0 Å². The summed E-state index contributed by atoms with van der Waals surface area (Å²) in [5.41, 5.74) is 3.78. The number of carbonyl (C=O) groups is 2. The van der Waals surface area contributed by atoms with Crippen LogP contribution in [0.2, 0.25) is 0 Å². The number of piperidine rings is 1. The first-order valence-corrected chi connectivity index (χ1v) is 14.0. The molecule has 0 radical (unpaired) electrons. The Labute approximate surface area is 215 Å². The number of hydrogen-bond donors (Lipinski definition) is 0. The molecule has 2 aromatic rings. The minimum absolute atomic E-state index is 0.0154. The molecule has 1 aliphatic carbocycles. The number of hydrogen-bond acceptors (Lipinski definition) is 4. The lowest BCUT2D eigenvalue weighted by Crippen LogP contribution is -2.47. The standard InChI is InChI=1S/C31H40N2O3/c1-2-17-32(18-8-9-19-33-29(34)21-31(22-30(33)35)15-6-7-16-31)25-20-27-26(24-11-4-3-5-12-24)13-10-14-28(27)36-23-25/h3-5,10-14,25H,2,6-9,15-23H2,1H3. The van der Waals surface area contributed by atoms with Crippen LogP contribution >= 0.6 is 0 Å². The number of likely N-dealkylation sites (tertiary alicyclic amines) is 1. The summed E-state index contributed by atoms with van der Waals surface area (Å²) in [5.74, 6) is 1.12. The van der Waals surface area contributed by atoms with Gasteiger partial charge in [0.1, 0.15) is 12.4 Å². The number of benzene rings is 2. The van der Waals surface area contributed by atoms with Gasteiger partial charge in [0.25, 0.3) is 0 Å². The highest BCUT2D eigenvalue weighted by Gasteiger charge is 2.44. The number of ether oxygens (including phenoxy) is 1. The van der Waals surface area contributed by atoms with Gasteiger partial charge >= 0.3 is 0 Å². The summed E-state index contributed by atoms with van der Waals surface area (Å²) in [6, 6.07) is 17.3. The van der Waals surface area contributed by atoms with Crippen molar-refractivity contribution in [3.8, 4) is 16.9 Å². The number of nitrogens with zero attached hydrogens (tertiary/aromatic N) is 2. The van der Waals surface area contributed by atoms with Gasteiger partial charge in [-0.2, -0.15) is 0 Å². The van der Waals surface area contributed by atoms with Crippen molar-refractivity contribution >= 4 is 11.8 Å². The van der Waals surface area contributed by atoms with Crippen molar-refractivity contribution in [2.75, 3.05) is 26.2 Å². The molecular formula is C31H40N2O3. The zero-order valence-electron chi connectivity index (χ0n) is 21.7. The van der Waals surface area contributed by atoms with Crippen LogP contribution in [0.5, 0.6) is 5.75 Å². The second-order valence-corrected chi connectivity index (χ2v) is 11.1. The van der Waals surface area contributed by atoms with Gasteiger partial charge in [0, 0.05) is 31.0 Å². The topological polar surface area (TPSA) is 49.9 Å². The van der Waals surface area contributed by atoms with Crippen LogP contribution in [-0.4, -0.2) is 53.9 Å². The third-order valence-electron chi connectivity index (χ3n) is 8.51. The fraction of sp³-hybridized carbons (Fsp3) is 0.548. The first-order chi connectivity index (χ1) is 17.6. The summed E-state index contributed by atoms with van der Waals surface area (Å²) in [7, 11) is 0. The molecule has 36 heavy (non-hydrogen) atoms. The molecule has 2 amide bonds. The quantitative estimate of drug-likeness (QED) is 0.328. The minimum atomic E-state index is -0.0154. The molecule has 5 heteroatoms. The molecule has 1 saturated carbocycles. The van der Waals surface area contributed by atoms with E-state index >= 15 is 0 Å². The Morgan fingerprint density at radius 1 is 0.944 bits per heavy atom. The van der Waals surface area contributed by atoms with Crippen LogP contribution in [-0.2, 0) is 16.0 Å². The van der Waals surface area contributed by atoms with E-state index in [1.807, 2.05) is 0 Å². The minimum Gasteiger partial charge on any atom is -0.492 e. The average molecular weight is 489 g/mol. The summed E-state index contributed by atoms with van der Waals surface area (Å²) < 4.78 is 6.26. The second kappa shape index (κ2) is 11.2. The lowest BCUT2D eigenvalue weighted by molar-refractivity contribution is -0.153. The normalized spacial score (nSPS) is 21.2. The summed E-state index contributed by atoms with van der Waals surface area (Å²) in [5, 5.41) is 0. The van der Waals surface area contributed by atoms with E-state index in [0.29, 0.717) is 32.0 Å². The first-order valence-electron chi connectivity index (χ1n) is 14.0. The van der Waals surface area contributed by atoms with E-state index in [2.05, 4.69) is 60.4 Å². The van der Waals surface area contributed by atoms with Gasteiger partial charge in [0.05, 0.1) is 0 Å². The molecule has 1 spiro atoms. The van der Waals surface area contributed by atoms with E-state index in [-0.39, 0.29) is 17.2 Å². The van der Waals surface area contributed by atoms with E-state index in [4.69, 9.17) is 4.74 Å². The fourth-order valence-electron chi connectivity index (χ4n) is 6.63. The molecule has 0 N–H and O–H groups in total. The third kappa shape index (κ3) is 5.36. The van der Waals surface area contributed by atoms with E-state index in [1.165, 1.54) is 16.7 Å². The summed E-state index contributed by atoms with van der Waals surface area (Å²) >= 11 is 0. The highest BCUT2D eigenvalue weighted by molar-refractivity contribution is 5.98. The maximum atomic E-state index is 12.8. The molecule has 2 aromatic carbocycles. The predicted molar refractivity (Wildman–Crippen MR) is 143 cm³/mol. The number of unbranched alkanes of at least 4 members (excludes halogenated alkanes) is 1. The van der Waals surface area contributed by atoms with Gasteiger partial charge in [-0.05, 0) is 74.2 Å². The van der Waals surface area contributed by atoms with Crippen LogP contribution in [0.3, 0.4) is 0 Å². The number of fused-ring (bicyclic) bond motifs is 1. The van der Waals surface area contributed by atoms with Crippen molar-refractivity contribution in [2.24, 2.45) is 5.41 Å². The maximum absolute atomic E-state index is 12.8. The maximum Gasteiger partial charge on any atom is 0.229 e. The van der Waals surface area contributed by atoms with Gasteiger partial charge in [-0.1, -0.05) is 62.2 Å². The van der Waals surface area contributed by atoms with Crippen molar-refractivity contribution < 1.29 is 14.3 Å². The molecule has 1 saturated heterocycles. The van der Waals surface area contributed by atoms with Crippen molar-refractivity contribution in [3.63, 3.8) is 0 Å². The molecule has 3 aliphatic rings.